The molecule has 2 heterocycles. The van der Waals surface area contributed by atoms with Crippen LogP contribution in [0.5, 0.6) is 0 Å². The summed E-state index contributed by atoms with van der Waals surface area (Å²) in [5.41, 5.74) is 3.51. The Morgan fingerprint density at radius 3 is 2.56 bits per heavy atom. The summed E-state index contributed by atoms with van der Waals surface area (Å²) < 4.78 is 1.82. The zero-order chi connectivity index (χ0) is 25.5. The number of carbonyl (C=O) groups excluding carboxylic acids is 2. The number of nitrogens with one attached hydrogen (secondary N) is 2. The van der Waals surface area contributed by atoms with Gasteiger partial charge in [0.05, 0.1) is 16.5 Å². The first-order valence-corrected chi connectivity index (χ1v) is 13.5. The Morgan fingerprint density at radius 2 is 1.81 bits per heavy atom. The molecule has 0 aliphatic carbocycles. The molecular weight excluding hydrogens is 496 g/mol. The maximum atomic E-state index is 12.5. The van der Waals surface area contributed by atoms with E-state index >= 15 is 0 Å². The Labute approximate surface area is 220 Å². The summed E-state index contributed by atoms with van der Waals surface area (Å²) in [5, 5.41) is 15.5. The van der Waals surface area contributed by atoms with Crippen molar-refractivity contribution in [2.24, 2.45) is 7.05 Å². The molecule has 1 aliphatic rings. The van der Waals surface area contributed by atoms with Gasteiger partial charge in [0.2, 0.25) is 11.8 Å². The molecule has 0 spiro atoms. The highest BCUT2D eigenvalue weighted by Gasteiger charge is 2.16. The van der Waals surface area contributed by atoms with Crippen molar-refractivity contribution >= 4 is 52.2 Å². The summed E-state index contributed by atoms with van der Waals surface area (Å²) in [6.07, 6.45) is 4.36. The fraction of sp³-hybridized carbons (Fsp3) is 0.385. The van der Waals surface area contributed by atoms with Gasteiger partial charge in [-0.25, -0.2) is 0 Å². The van der Waals surface area contributed by atoms with Crippen LogP contribution in [0.2, 0.25) is 5.02 Å². The van der Waals surface area contributed by atoms with Crippen LogP contribution in [-0.4, -0.2) is 45.4 Å². The van der Waals surface area contributed by atoms with Gasteiger partial charge in [-0.3, -0.25) is 9.59 Å². The van der Waals surface area contributed by atoms with Gasteiger partial charge in [-0.15, -0.1) is 10.2 Å². The summed E-state index contributed by atoms with van der Waals surface area (Å²) in [6.45, 7) is 3.98. The normalized spacial score (nSPS) is 13.5. The summed E-state index contributed by atoms with van der Waals surface area (Å²) >= 11 is 7.80. The molecule has 36 heavy (non-hydrogen) atoms. The molecule has 190 valence electrons. The third kappa shape index (κ3) is 6.79. The van der Waals surface area contributed by atoms with Crippen molar-refractivity contribution < 1.29 is 9.59 Å². The van der Waals surface area contributed by atoms with E-state index in [1.807, 2.05) is 54.9 Å². The Morgan fingerprint density at radius 1 is 1.03 bits per heavy atom. The van der Waals surface area contributed by atoms with Crippen molar-refractivity contribution in [3.05, 3.63) is 58.9 Å². The first-order chi connectivity index (χ1) is 17.4. The molecule has 1 saturated heterocycles. The Bertz CT molecular complexity index is 1220. The molecule has 2 N–H and O–H groups in total. The largest absolute Gasteiger partial charge is 0.370 e. The quantitative estimate of drug-likeness (QED) is 0.378. The second-order valence-corrected chi connectivity index (χ2v) is 10.2. The molecule has 1 aromatic heterocycles. The second kappa shape index (κ2) is 12.3. The van der Waals surface area contributed by atoms with Gasteiger partial charge >= 0.3 is 0 Å². The lowest BCUT2D eigenvalue weighted by Crippen LogP contribution is -2.29. The van der Waals surface area contributed by atoms with Gasteiger partial charge in [0.15, 0.2) is 5.16 Å². The van der Waals surface area contributed by atoms with Crippen LogP contribution in [0, 0.1) is 6.92 Å². The van der Waals surface area contributed by atoms with Crippen LogP contribution in [0.25, 0.3) is 0 Å². The third-order valence-electron chi connectivity index (χ3n) is 6.18. The van der Waals surface area contributed by atoms with Crippen LogP contribution < -0.4 is 15.5 Å². The van der Waals surface area contributed by atoms with E-state index in [1.165, 1.54) is 31.0 Å². The molecule has 10 heteroatoms. The highest BCUT2D eigenvalue weighted by Crippen LogP contribution is 2.31. The number of nitrogens with zero attached hydrogens (tertiary/aromatic N) is 4. The molecule has 0 atom stereocenters. The summed E-state index contributed by atoms with van der Waals surface area (Å²) in [4.78, 5) is 27.2. The molecule has 0 saturated carbocycles. The van der Waals surface area contributed by atoms with Gasteiger partial charge in [-0.2, -0.15) is 0 Å². The third-order valence-corrected chi connectivity index (χ3v) is 7.50. The highest BCUT2D eigenvalue weighted by molar-refractivity contribution is 7.99. The van der Waals surface area contributed by atoms with Crippen molar-refractivity contribution in [3.8, 4) is 0 Å². The summed E-state index contributed by atoms with van der Waals surface area (Å²) in [6, 6.07) is 13.3. The predicted molar refractivity (Wildman–Crippen MR) is 146 cm³/mol. The number of halogens is 1. The molecule has 0 bridgehead atoms. The average Bonchev–Trinajstić information content (AvgIpc) is 3.22. The number of hydrogen-bond acceptors (Lipinski definition) is 6. The Hall–Kier alpha value is -3.04. The van der Waals surface area contributed by atoms with Crippen molar-refractivity contribution in [3.63, 3.8) is 0 Å². The molecule has 0 radical (unpaired) electrons. The first kappa shape index (κ1) is 26.0. The monoisotopic (exact) mass is 526 g/mol. The average molecular weight is 527 g/mol. The molecule has 1 aliphatic heterocycles. The van der Waals surface area contributed by atoms with Gasteiger partial charge in [0.1, 0.15) is 5.82 Å². The molecule has 1 fully saturated rings. The lowest BCUT2D eigenvalue weighted by molar-refractivity contribution is -0.116. The van der Waals surface area contributed by atoms with E-state index in [1.54, 1.807) is 6.07 Å². The number of rotatable bonds is 9. The van der Waals surface area contributed by atoms with Crippen molar-refractivity contribution in [1.82, 2.24) is 14.8 Å². The number of aryl methyl sites for hydroxylation is 2. The minimum Gasteiger partial charge on any atom is -0.370 e. The van der Waals surface area contributed by atoms with E-state index in [0.29, 0.717) is 34.5 Å². The number of aromatic nitrogens is 3. The number of benzene rings is 2. The fourth-order valence-electron chi connectivity index (χ4n) is 4.14. The van der Waals surface area contributed by atoms with Crippen LogP contribution in [0.3, 0.4) is 0 Å². The highest BCUT2D eigenvalue weighted by atomic mass is 35.5. The first-order valence-electron chi connectivity index (χ1n) is 12.1. The van der Waals surface area contributed by atoms with Gasteiger partial charge in [-0.05, 0) is 56.0 Å². The number of para-hydroxylation sites is 1. The van der Waals surface area contributed by atoms with Crippen molar-refractivity contribution in [2.45, 2.75) is 44.2 Å². The Kier molecular flexibility index (Phi) is 8.88. The van der Waals surface area contributed by atoms with Crippen LogP contribution in [0.1, 0.15) is 37.1 Å². The molecule has 8 nitrogen and oxygen atoms in total. The fourth-order valence-corrected chi connectivity index (χ4v) is 5.17. The lowest BCUT2D eigenvalue weighted by atomic mass is 10.1. The predicted octanol–water partition coefficient (Wildman–Crippen LogP) is 5.07. The summed E-state index contributed by atoms with van der Waals surface area (Å²) in [7, 11) is 1.84. The van der Waals surface area contributed by atoms with E-state index in [2.05, 4.69) is 25.7 Å². The van der Waals surface area contributed by atoms with E-state index < -0.39 is 0 Å². The Balaban J connectivity index is 1.25. The molecule has 4 rings (SSSR count). The van der Waals surface area contributed by atoms with Gasteiger partial charge in [0.25, 0.3) is 0 Å². The number of amides is 2. The van der Waals surface area contributed by atoms with Gasteiger partial charge < -0.3 is 20.1 Å². The van der Waals surface area contributed by atoms with E-state index in [0.717, 1.165) is 30.0 Å². The SMILES string of the molecule is Cc1ccccc1NC(=O)CCc1nnc(SCC(=O)Nc2ccc(N3CCCCC3)c(Cl)c2)n1C. The minimum atomic E-state index is -0.149. The number of anilines is 3. The van der Waals surface area contributed by atoms with Crippen LogP contribution in [0.4, 0.5) is 17.1 Å². The lowest BCUT2D eigenvalue weighted by Gasteiger charge is -2.29. The number of hydrogen-bond donors (Lipinski definition) is 2. The molecule has 2 amide bonds. The van der Waals surface area contributed by atoms with Crippen molar-refractivity contribution in [1.29, 1.82) is 0 Å². The maximum absolute atomic E-state index is 12.5. The van der Waals surface area contributed by atoms with Gasteiger partial charge in [0, 0.05) is 44.4 Å². The minimum absolute atomic E-state index is 0.0779. The topological polar surface area (TPSA) is 92.2 Å². The van der Waals surface area contributed by atoms with E-state index in [-0.39, 0.29) is 17.6 Å². The number of thioether (sulfide) groups is 1. The zero-order valence-electron chi connectivity index (χ0n) is 20.6. The van der Waals surface area contributed by atoms with Crippen LogP contribution in [-0.2, 0) is 23.1 Å². The molecule has 0 unspecified atom stereocenters. The molecular formula is C26H31ClN6O2S. The van der Waals surface area contributed by atoms with E-state index in [9.17, 15) is 9.59 Å². The molecule has 2 aromatic carbocycles. The standard InChI is InChI=1S/C26H31ClN6O2S/c1-18-8-4-5-9-21(18)29-24(34)13-12-23-30-31-26(32(23)2)36-17-25(35)28-19-10-11-22(20(27)16-19)33-14-6-3-7-15-33/h4-5,8-11,16H,3,6-7,12-15,17H2,1-2H3,(H,28,35)(H,29,34). The maximum Gasteiger partial charge on any atom is 0.234 e. The smallest absolute Gasteiger partial charge is 0.234 e. The van der Waals surface area contributed by atoms with Crippen LogP contribution in [0.15, 0.2) is 47.6 Å². The summed E-state index contributed by atoms with van der Waals surface area (Å²) in [5.74, 6) is 0.651. The number of carbonyl (C=O) groups is 2. The number of piperidine rings is 1. The zero-order valence-corrected chi connectivity index (χ0v) is 22.2. The molecule has 3 aromatic rings. The van der Waals surface area contributed by atoms with Crippen molar-refractivity contribution in [2.75, 3.05) is 34.4 Å². The van der Waals surface area contributed by atoms with E-state index in [4.69, 9.17) is 11.6 Å². The second-order valence-electron chi connectivity index (χ2n) is 8.87. The van der Waals surface area contributed by atoms with Crippen LogP contribution >= 0.6 is 23.4 Å². The van der Waals surface area contributed by atoms with Gasteiger partial charge in [-0.1, -0.05) is 41.6 Å².